The lowest BCUT2D eigenvalue weighted by atomic mass is 10.1. The molecule has 4 nitrogen and oxygen atoms in total. The van der Waals surface area contributed by atoms with E-state index in [2.05, 4.69) is 111 Å². The molecule has 0 amide bonds. The number of esters is 1. The molecule has 0 aliphatic heterocycles. The summed E-state index contributed by atoms with van der Waals surface area (Å²) in [4.78, 5) is 12.2. The maximum atomic E-state index is 12.2. The highest BCUT2D eigenvalue weighted by Crippen LogP contribution is 2.13. The van der Waals surface area contributed by atoms with E-state index in [0.29, 0.717) is 13.0 Å². The van der Waals surface area contributed by atoms with Crippen LogP contribution in [-0.4, -0.2) is 37.0 Å². The molecule has 0 bridgehead atoms. The molecule has 1 atom stereocenters. The molecular weight excluding hydrogens is 677 g/mol. The van der Waals surface area contributed by atoms with Gasteiger partial charge in [0, 0.05) is 13.0 Å². The SMILES string of the molecule is CC/C=C\C/C=C\C/C=C\C/C=C\CCCCCCCCCCCOCC(CO)OC(=O)CCCCCCCCCC/C=C\C/C=C\C/C=C\C/C=C\CC. The molecule has 1 unspecified atom stereocenters. The Hall–Kier alpha value is -2.69. The summed E-state index contributed by atoms with van der Waals surface area (Å²) in [6.07, 6.45) is 67.6. The number of ether oxygens (including phenoxy) is 2. The van der Waals surface area contributed by atoms with Crippen LogP contribution in [0.25, 0.3) is 0 Å². The van der Waals surface area contributed by atoms with E-state index in [9.17, 15) is 9.90 Å². The monoisotopic (exact) mass is 763 g/mol. The quantitative estimate of drug-likeness (QED) is 0.0383. The van der Waals surface area contributed by atoms with Crippen molar-refractivity contribution in [3.05, 3.63) is 97.2 Å². The summed E-state index contributed by atoms with van der Waals surface area (Å²) in [6.45, 7) is 5.09. The number of aliphatic hydroxyl groups excluding tert-OH is 1. The van der Waals surface area contributed by atoms with Crippen molar-refractivity contribution in [2.24, 2.45) is 0 Å². The van der Waals surface area contributed by atoms with Crippen molar-refractivity contribution in [3.8, 4) is 0 Å². The fourth-order valence-corrected chi connectivity index (χ4v) is 6.07. The molecule has 0 saturated heterocycles. The van der Waals surface area contributed by atoms with Gasteiger partial charge in [-0.25, -0.2) is 0 Å². The highest BCUT2D eigenvalue weighted by Gasteiger charge is 2.13. The van der Waals surface area contributed by atoms with Gasteiger partial charge < -0.3 is 14.6 Å². The second kappa shape index (κ2) is 47.5. The molecule has 0 aromatic carbocycles. The van der Waals surface area contributed by atoms with Crippen molar-refractivity contribution in [2.45, 2.75) is 200 Å². The van der Waals surface area contributed by atoms with E-state index in [1.54, 1.807) is 0 Å². The summed E-state index contributed by atoms with van der Waals surface area (Å²) in [6, 6.07) is 0. The van der Waals surface area contributed by atoms with Gasteiger partial charge in [0.1, 0.15) is 6.10 Å². The second-order valence-electron chi connectivity index (χ2n) is 14.7. The molecular formula is C51H86O4. The summed E-state index contributed by atoms with van der Waals surface area (Å²) in [7, 11) is 0. The molecule has 55 heavy (non-hydrogen) atoms. The number of rotatable bonds is 41. The van der Waals surface area contributed by atoms with Gasteiger partial charge >= 0.3 is 5.97 Å². The van der Waals surface area contributed by atoms with Gasteiger partial charge in [-0.05, 0) is 89.9 Å². The fraction of sp³-hybridized carbons (Fsp3) is 0.667. The molecule has 0 aliphatic carbocycles. The zero-order chi connectivity index (χ0) is 39.8. The van der Waals surface area contributed by atoms with Crippen molar-refractivity contribution in [1.29, 1.82) is 0 Å². The second-order valence-corrected chi connectivity index (χ2v) is 14.7. The summed E-state index contributed by atoms with van der Waals surface area (Å²) in [5.74, 6) is -0.215. The van der Waals surface area contributed by atoms with Crippen LogP contribution >= 0.6 is 0 Å². The van der Waals surface area contributed by atoms with Crippen LogP contribution in [0.15, 0.2) is 97.2 Å². The Balaban J connectivity index is 3.49. The molecule has 0 aliphatic rings. The lowest BCUT2D eigenvalue weighted by molar-refractivity contribution is -0.154. The summed E-state index contributed by atoms with van der Waals surface area (Å²) in [5, 5.41) is 9.63. The Morgan fingerprint density at radius 1 is 0.436 bits per heavy atom. The molecule has 0 fully saturated rings. The number of allylic oxidation sites excluding steroid dienone is 16. The zero-order valence-electron chi connectivity index (χ0n) is 35.9. The van der Waals surface area contributed by atoms with E-state index in [-0.39, 0.29) is 19.2 Å². The minimum absolute atomic E-state index is 0.183. The first-order valence-electron chi connectivity index (χ1n) is 22.8. The molecule has 314 valence electrons. The molecule has 0 aromatic heterocycles. The normalized spacial score (nSPS) is 13.3. The van der Waals surface area contributed by atoms with Crippen molar-refractivity contribution < 1.29 is 19.4 Å². The first-order valence-corrected chi connectivity index (χ1v) is 22.8. The third-order valence-electron chi connectivity index (χ3n) is 9.40. The van der Waals surface area contributed by atoms with Gasteiger partial charge in [0.15, 0.2) is 0 Å². The minimum atomic E-state index is -0.549. The van der Waals surface area contributed by atoms with Crippen molar-refractivity contribution in [3.63, 3.8) is 0 Å². The molecule has 0 aromatic rings. The van der Waals surface area contributed by atoms with Crippen molar-refractivity contribution in [2.75, 3.05) is 19.8 Å². The van der Waals surface area contributed by atoms with Gasteiger partial charge in [-0.15, -0.1) is 0 Å². The van der Waals surface area contributed by atoms with Crippen LogP contribution in [0, 0.1) is 0 Å². The number of aliphatic hydroxyl groups is 1. The third kappa shape index (κ3) is 45.6. The Bertz CT molecular complexity index is 1030. The molecule has 0 heterocycles. The number of carbonyl (C=O) groups is 1. The third-order valence-corrected chi connectivity index (χ3v) is 9.40. The summed E-state index contributed by atoms with van der Waals surface area (Å²) in [5.41, 5.74) is 0. The average Bonchev–Trinajstić information content (AvgIpc) is 3.19. The minimum Gasteiger partial charge on any atom is -0.457 e. The van der Waals surface area contributed by atoms with Crippen LogP contribution in [0.3, 0.4) is 0 Å². The van der Waals surface area contributed by atoms with Crippen LogP contribution in [0.5, 0.6) is 0 Å². The standard InChI is InChI=1S/C51H86O4/c1-3-5-7-9-11-13-15-17-19-21-23-25-27-29-31-33-35-37-39-41-43-45-47-54-49-50(48-52)55-51(53)46-44-42-40-38-36-34-32-30-28-26-24-22-20-18-16-14-12-10-8-6-4-2/h5-8,11-14,17-20,23-26,50,52H,3-4,9-10,15-16,21-22,27-49H2,1-2H3/b7-5-,8-6-,13-11-,14-12-,19-17-,20-18-,25-23-,26-24-. The van der Waals surface area contributed by atoms with Crippen LogP contribution < -0.4 is 0 Å². The van der Waals surface area contributed by atoms with Gasteiger partial charge in [-0.1, -0.05) is 195 Å². The van der Waals surface area contributed by atoms with Gasteiger partial charge in [0.2, 0.25) is 0 Å². The fourth-order valence-electron chi connectivity index (χ4n) is 6.07. The predicted molar refractivity (Wildman–Crippen MR) is 242 cm³/mol. The highest BCUT2D eigenvalue weighted by atomic mass is 16.6. The average molecular weight is 763 g/mol. The van der Waals surface area contributed by atoms with Crippen LogP contribution in [0.4, 0.5) is 0 Å². The molecule has 4 heteroatoms. The molecule has 0 rings (SSSR count). The van der Waals surface area contributed by atoms with E-state index in [1.807, 2.05) is 0 Å². The number of unbranched alkanes of at least 4 members (excludes halogenated alkanes) is 17. The Morgan fingerprint density at radius 2 is 0.764 bits per heavy atom. The van der Waals surface area contributed by atoms with Gasteiger partial charge in [-0.3, -0.25) is 4.79 Å². The largest absolute Gasteiger partial charge is 0.457 e. The number of hydrogen-bond donors (Lipinski definition) is 1. The van der Waals surface area contributed by atoms with E-state index in [0.717, 1.165) is 70.6 Å². The molecule has 0 saturated carbocycles. The maximum absolute atomic E-state index is 12.2. The predicted octanol–water partition coefficient (Wildman–Crippen LogP) is 15.3. The van der Waals surface area contributed by atoms with E-state index in [4.69, 9.17) is 9.47 Å². The van der Waals surface area contributed by atoms with E-state index in [1.165, 1.54) is 103 Å². The number of carbonyl (C=O) groups excluding carboxylic acids is 1. The smallest absolute Gasteiger partial charge is 0.306 e. The molecule has 1 N–H and O–H groups in total. The lowest BCUT2D eigenvalue weighted by Crippen LogP contribution is -2.27. The maximum Gasteiger partial charge on any atom is 0.306 e. The van der Waals surface area contributed by atoms with Gasteiger partial charge in [0.05, 0.1) is 13.2 Å². The first kappa shape index (κ1) is 52.3. The van der Waals surface area contributed by atoms with Crippen molar-refractivity contribution in [1.82, 2.24) is 0 Å². The highest BCUT2D eigenvalue weighted by molar-refractivity contribution is 5.69. The zero-order valence-corrected chi connectivity index (χ0v) is 35.9. The Morgan fingerprint density at radius 3 is 1.15 bits per heavy atom. The summed E-state index contributed by atoms with van der Waals surface area (Å²) >= 11 is 0. The van der Waals surface area contributed by atoms with Crippen molar-refractivity contribution >= 4 is 5.97 Å². The topological polar surface area (TPSA) is 55.8 Å². The lowest BCUT2D eigenvalue weighted by Gasteiger charge is -2.16. The molecule has 0 spiro atoms. The summed E-state index contributed by atoms with van der Waals surface area (Å²) < 4.78 is 11.2. The molecule has 0 radical (unpaired) electrons. The Kier molecular flexibility index (Phi) is 45.1. The first-order chi connectivity index (χ1) is 27.2. The van der Waals surface area contributed by atoms with Crippen LogP contribution in [-0.2, 0) is 14.3 Å². The van der Waals surface area contributed by atoms with Gasteiger partial charge in [0.25, 0.3) is 0 Å². The van der Waals surface area contributed by atoms with Gasteiger partial charge in [-0.2, -0.15) is 0 Å². The van der Waals surface area contributed by atoms with E-state index >= 15 is 0 Å². The van der Waals surface area contributed by atoms with Crippen LogP contribution in [0.1, 0.15) is 194 Å². The van der Waals surface area contributed by atoms with E-state index < -0.39 is 6.10 Å². The Labute approximate surface area is 341 Å². The van der Waals surface area contributed by atoms with Crippen LogP contribution in [0.2, 0.25) is 0 Å². The number of hydrogen-bond acceptors (Lipinski definition) is 4.